The molecule has 0 saturated carbocycles. The summed E-state index contributed by atoms with van der Waals surface area (Å²) in [6, 6.07) is 23.4. The monoisotopic (exact) mass is 508 g/mol. The summed E-state index contributed by atoms with van der Waals surface area (Å²) in [6.07, 6.45) is 2.18. The molecule has 0 aliphatic carbocycles. The molecule has 3 aromatic rings. The molecule has 0 aliphatic heterocycles. The second-order valence-electron chi connectivity index (χ2n) is 8.40. The van der Waals surface area contributed by atoms with Crippen LogP contribution >= 0.6 is 11.6 Å². The van der Waals surface area contributed by atoms with Gasteiger partial charge in [0.25, 0.3) is 5.91 Å². The zero-order valence-electron chi connectivity index (χ0n) is 20.8. The van der Waals surface area contributed by atoms with Crippen LogP contribution in [0.1, 0.15) is 30.9 Å². The van der Waals surface area contributed by atoms with Crippen LogP contribution in [-0.2, 0) is 22.6 Å². The highest BCUT2D eigenvalue weighted by Crippen LogP contribution is 2.26. The second-order valence-corrected chi connectivity index (χ2v) is 8.81. The summed E-state index contributed by atoms with van der Waals surface area (Å²) in [4.78, 5) is 28.6. The summed E-state index contributed by atoms with van der Waals surface area (Å²) in [5, 5.41) is 3.54. The summed E-state index contributed by atoms with van der Waals surface area (Å²) in [5.41, 5.74) is 1.71. The number of halogens is 1. The lowest BCUT2D eigenvalue weighted by molar-refractivity contribution is -0.142. The molecule has 0 radical (unpaired) electrons. The van der Waals surface area contributed by atoms with E-state index >= 15 is 0 Å². The number of carbonyl (C=O) groups excluding carboxylic acids is 2. The molecule has 1 unspecified atom stereocenters. The van der Waals surface area contributed by atoms with Crippen molar-refractivity contribution in [1.29, 1.82) is 0 Å². The van der Waals surface area contributed by atoms with Gasteiger partial charge in [0.2, 0.25) is 5.91 Å². The minimum Gasteiger partial charge on any atom is -0.493 e. The van der Waals surface area contributed by atoms with Crippen LogP contribution in [0.25, 0.3) is 0 Å². The number of nitrogens with one attached hydrogen (secondary N) is 1. The van der Waals surface area contributed by atoms with Crippen molar-refractivity contribution in [2.45, 2.75) is 38.8 Å². The van der Waals surface area contributed by atoms with Crippen molar-refractivity contribution in [3.05, 3.63) is 95.0 Å². The van der Waals surface area contributed by atoms with E-state index in [1.165, 1.54) is 0 Å². The standard InChI is InChI=1S/C29H33ClN2O4/c1-3-4-18-31-29(34)25(19-22-12-6-5-7-13-22)32(20-23-14-8-9-15-24(23)30)28(33)21-36-27-17-11-10-16-26(27)35-2/h5-17,25H,3-4,18-21H2,1-2H3,(H,31,34). The fraction of sp³-hybridized carbons (Fsp3) is 0.310. The van der Waals surface area contributed by atoms with Crippen LogP contribution in [0.15, 0.2) is 78.9 Å². The van der Waals surface area contributed by atoms with E-state index in [-0.39, 0.29) is 25.0 Å². The minimum atomic E-state index is -0.741. The van der Waals surface area contributed by atoms with Crippen molar-refractivity contribution in [2.75, 3.05) is 20.3 Å². The van der Waals surface area contributed by atoms with Crippen LogP contribution in [-0.4, -0.2) is 43.0 Å². The van der Waals surface area contributed by atoms with Gasteiger partial charge in [-0.2, -0.15) is 0 Å². The fourth-order valence-electron chi connectivity index (χ4n) is 3.83. The van der Waals surface area contributed by atoms with Crippen molar-refractivity contribution in [2.24, 2.45) is 0 Å². The summed E-state index contributed by atoms with van der Waals surface area (Å²) in [6.45, 7) is 2.54. The molecule has 1 N–H and O–H groups in total. The molecule has 190 valence electrons. The third kappa shape index (κ3) is 7.75. The summed E-state index contributed by atoms with van der Waals surface area (Å²) in [5.74, 6) is 0.455. The molecule has 3 rings (SSSR count). The number of carbonyl (C=O) groups is 2. The molecule has 0 aliphatic rings. The molecule has 6 nitrogen and oxygen atoms in total. The highest BCUT2D eigenvalue weighted by molar-refractivity contribution is 6.31. The lowest BCUT2D eigenvalue weighted by atomic mass is 10.0. The van der Waals surface area contributed by atoms with E-state index in [9.17, 15) is 9.59 Å². The summed E-state index contributed by atoms with van der Waals surface area (Å²) >= 11 is 6.45. The first-order valence-corrected chi connectivity index (χ1v) is 12.5. The predicted molar refractivity (Wildman–Crippen MR) is 142 cm³/mol. The lowest BCUT2D eigenvalue weighted by Gasteiger charge is -2.31. The van der Waals surface area contributed by atoms with Crippen LogP contribution in [0.3, 0.4) is 0 Å². The first kappa shape index (κ1) is 27.1. The SMILES string of the molecule is CCCCNC(=O)C(Cc1ccccc1)N(Cc1ccccc1Cl)C(=O)COc1ccccc1OC. The van der Waals surface area contributed by atoms with Gasteiger partial charge < -0.3 is 19.7 Å². The van der Waals surface area contributed by atoms with Crippen LogP contribution < -0.4 is 14.8 Å². The number of para-hydroxylation sites is 2. The van der Waals surface area contributed by atoms with E-state index in [1.807, 2.05) is 60.7 Å². The Morgan fingerprint density at radius 1 is 0.944 bits per heavy atom. The number of ether oxygens (including phenoxy) is 2. The van der Waals surface area contributed by atoms with Crippen LogP contribution in [0, 0.1) is 0 Å². The van der Waals surface area contributed by atoms with Gasteiger partial charge in [0.1, 0.15) is 6.04 Å². The van der Waals surface area contributed by atoms with Crippen LogP contribution in [0.5, 0.6) is 11.5 Å². The first-order chi connectivity index (χ1) is 17.5. The summed E-state index contributed by atoms with van der Waals surface area (Å²) < 4.78 is 11.2. The maximum Gasteiger partial charge on any atom is 0.261 e. The zero-order valence-corrected chi connectivity index (χ0v) is 21.5. The van der Waals surface area contributed by atoms with Crippen LogP contribution in [0.4, 0.5) is 0 Å². The van der Waals surface area contributed by atoms with Crippen molar-refractivity contribution in [3.63, 3.8) is 0 Å². The molecule has 0 bridgehead atoms. The third-order valence-corrected chi connectivity index (χ3v) is 6.19. The molecular formula is C29H33ClN2O4. The number of methoxy groups -OCH3 is 1. The lowest BCUT2D eigenvalue weighted by Crippen LogP contribution is -2.51. The molecule has 36 heavy (non-hydrogen) atoms. The van der Waals surface area contributed by atoms with Crippen molar-refractivity contribution >= 4 is 23.4 Å². The Morgan fingerprint density at radius 2 is 1.61 bits per heavy atom. The van der Waals surface area contributed by atoms with Crippen LogP contribution in [0.2, 0.25) is 5.02 Å². The molecule has 0 saturated heterocycles. The Morgan fingerprint density at radius 3 is 2.31 bits per heavy atom. The molecule has 0 fully saturated rings. The Balaban J connectivity index is 1.91. The second kappa shape index (κ2) is 14.1. The van der Waals surface area contributed by atoms with E-state index in [2.05, 4.69) is 12.2 Å². The Labute approximate surface area is 218 Å². The summed E-state index contributed by atoms with van der Waals surface area (Å²) in [7, 11) is 1.55. The normalized spacial score (nSPS) is 11.4. The maximum atomic E-state index is 13.6. The highest BCUT2D eigenvalue weighted by atomic mass is 35.5. The number of rotatable bonds is 13. The van der Waals surface area contributed by atoms with Crippen molar-refractivity contribution < 1.29 is 19.1 Å². The van der Waals surface area contributed by atoms with Gasteiger partial charge in [-0.1, -0.05) is 85.6 Å². The molecule has 1 atom stereocenters. The van der Waals surface area contributed by atoms with E-state index in [4.69, 9.17) is 21.1 Å². The van der Waals surface area contributed by atoms with Gasteiger partial charge in [0.05, 0.1) is 7.11 Å². The highest BCUT2D eigenvalue weighted by Gasteiger charge is 2.31. The van der Waals surface area contributed by atoms with Gasteiger partial charge >= 0.3 is 0 Å². The van der Waals surface area contributed by atoms with E-state index < -0.39 is 6.04 Å². The van der Waals surface area contributed by atoms with Gasteiger partial charge in [-0.15, -0.1) is 0 Å². The Bertz CT molecular complexity index is 1120. The molecular weight excluding hydrogens is 476 g/mol. The molecule has 0 aromatic heterocycles. The number of hydrogen-bond acceptors (Lipinski definition) is 4. The largest absolute Gasteiger partial charge is 0.493 e. The molecule has 0 heterocycles. The van der Waals surface area contributed by atoms with Gasteiger partial charge in [-0.05, 0) is 35.7 Å². The number of benzene rings is 3. The Kier molecular flexibility index (Phi) is 10.6. The predicted octanol–water partition coefficient (Wildman–Crippen LogP) is 5.28. The average molecular weight is 509 g/mol. The van der Waals surface area contributed by atoms with E-state index in [1.54, 1.807) is 30.2 Å². The average Bonchev–Trinajstić information content (AvgIpc) is 2.91. The number of unbranched alkanes of at least 4 members (excludes halogenated alkanes) is 1. The smallest absolute Gasteiger partial charge is 0.261 e. The maximum absolute atomic E-state index is 13.6. The number of hydrogen-bond donors (Lipinski definition) is 1. The van der Waals surface area contributed by atoms with E-state index in [0.717, 1.165) is 24.0 Å². The first-order valence-electron chi connectivity index (χ1n) is 12.1. The van der Waals surface area contributed by atoms with Crippen molar-refractivity contribution in [1.82, 2.24) is 10.2 Å². The van der Waals surface area contributed by atoms with Gasteiger partial charge in [-0.3, -0.25) is 9.59 Å². The topological polar surface area (TPSA) is 67.9 Å². The fourth-order valence-corrected chi connectivity index (χ4v) is 4.03. The number of amides is 2. The third-order valence-electron chi connectivity index (χ3n) is 5.82. The Hall–Kier alpha value is -3.51. The minimum absolute atomic E-state index is 0.173. The molecule has 3 aromatic carbocycles. The zero-order chi connectivity index (χ0) is 25.8. The van der Waals surface area contributed by atoms with E-state index in [0.29, 0.717) is 29.5 Å². The molecule has 2 amide bonds. The van der Waals surface area contributed by atoms with Gasteiger partial charge in [-0.25, -0.2) is 0 Å². The van der Waals surface area contributed by atoms with Crippen molar-refractivity contribution in [3.8, 4) is 11.5 Å². The van der Waals surface area contributed by atoms with Gasteiger partial charge in [0.15, 0.2) is 18.1 Å². The molecule has 7 heteroatoms. The van der Waals surface area contributed by atoms with Gasteiger partial charge in [0, 0.05) is 24.5 Å². The number of nitrogens with zero attached hydrogens (tertiary/aromatic N) is 1. The quantitative estimate of drug-likeness (QED) is 0.319. The molecule has 0 spiro atoms.